The molecule has 2 aromatic heterocycles. The van der Waals surface area contributed by atoms with E-state index in [0.717, 1.165) is 17.0 Å². The zero-order valence-electron chi connectivity index (χ0n) is 20.9. The number of aromatic nitrogens is 4. The Balaban J connectivity index is 0.000000287. The highest BCUT2D eigenvalue weighted by Gasteiger charge is 2.22. The fourth-order valence-electron chi connectivity index (χ4n) is 3.29. The Bertz CT molecular complexity index is 1040. The number of aryl methyl sites for hydroxylation is 1. The van der Waals surface area contributed by atoms with Crippen LogP contribution in [-0.2, 0) is 18.3 Å². The molecule has 0 bridgehead atoms. The van der Waals surface area contributed by atoms with E-state index in [9.17, 15) is 9.59 Å². The third kappa shape index (κ3) is 7.82. The zero-order valence-corrected chi connectivity index (χ0v) is 20.9. The molecule has 0 unspecified atom stereocenters. The van der Waals surface area contributed by atoms with Crippen molar-refractivity contribution in [2.75, 3.05) is 13.2 Å². The molecule has 2 heterocycles. The minimum absolute atomic E-state index is 0.167. The lowest BCUT2D eigenvalue weighted by molar-refractivity contribution is 0.0998. The van der Waals surface area contributed by atoms with E-state index in [0.29, 0.717) is 25.3 Å². The molecular formula is C25H39N5O3. The maximum atomic E-state index is 11.3. The van der Waals surface area contributed by atoms with Gasteiger partial charge in [0.15, 0.2) is 0 Å². The van der Waals surface area contributed by atoms with Crippen molar-refractivity contribution in [1.29, 1.82) is 0 Å². The second-order valence-corrected chi connectivity index (χ2v) is 7.07. The second kappa shape index (κ2) is 14.9. The van der Waals surface area contributed by atoms with Gasteiger partial charge in [0.25, 0.3) is 5.56 Å². The standard InChI is InChI=1S/C11H13N3.C10H14N2O3.2C2H6/c1-14-10-7-3-6-9(8-4-2-5-8)11(10)12-13-14;1-2-15-6-5-12-7-8(10(11)14)3-4-9(12)13;2*1-2/h3,6-8H,2,4-5H2,1H3;3-4,7H,2,5-6H2,1H3,(H2,11,14);2*1-2H3. The Labute approximate surface area is 196 Å². The highest BCUT2D eigenvalue weighted by atomic mass is 16.5. The quantitative estimate of drug-likeness (QED) is 0.557. The van der Waals surface area contributed by atoms with Crippen LogP contribution in [0.3, 0.4) is 0 Å². The van der Waals surface area contributed by atoms with E-state index in [1.807, 2.05) is 46.3 Å². The van der Waals surface area contributed by atoms with Crippen LogP contribution in [0.25, 0.3) is 11.0 Å². The fourth-order valence-corrected chi connectivity index (χ4v) is 3.29. The number of benzene rings is 1. The van der Waals surface area contributed by atoms with Gasteiger partial charge in [0.1, 0.15) is 5.52 Å². The van der Waals surface area contributed by atoms with Crippen LogP contribution in [0.2, 0.25) is 0 Å². The van der Waals surface area contributed by atoms with Crippen molar-refractivity contribution in [3.05, 3.63) is 58.0 Å². The Kier molecular flexibility index (Phi) is 12.7. The molecule has 1 fully saturated rings. The van der Waals surface area contributed by atoms with Gasteiger partial charge in [-0.1, -0.05) is 51.5 Å². The highest BCUT2D eigenvalue weighted by Crippen LogP contribution is 2.38. The minimum Gasteiger partial charge on any atom is -0.380 e. The monoisotopic (exact) mass is 457 g/mol. The van der Waals surface area contributed by atoms with E-state index in [1.54, 1.807) is 0 Å². The molecule has 1 aliphatic rings. The first-order valence-corrected chi connectivity index (χ1v) is 11.9. The zero-order chi connectivity index (χ0) is 24.8. The van der Waals surface area contributed by atoms with E-state index in [-0.39, 0.29) is 5.56 Å². The number of rotatable bonds is 6. The van der Waals surface area contributed by atoms with Crippen LogP contribution < -0.4 is 11.3 Å². The van der Waals surface area contributed by atoms with Crippen LogP contribution in [0.1, 0.15) is 75.7 Å². The van der Waals surface area contributed by atoms with Gasteiger partial charge in [-0.25, -0.2) is 4.68 Å². The Morgan fingerprint density at radius 2 is 1.85 bits per heavy atom. The molecule has 1 saturated carbocycles. The van der Waals surface area contributed by atoms with Crippen LogP contribution in [0, 0.1) is 0 Å². The van der Waals surface area contributed by atoms with Gasteiger partial charge in [0.05, 0.1) is 17.7 Å². The van der Waals surface area contributed by atoms with Gasteiger partial charge in [-0.05, 0) is 43.4 Å². The lowest BCUT2D eigenvalue weighted by atomic mass is 9.79. The number of ether oxygens (including phenoxy) is 1. The maximum Gasteiger partial charge on any atom is 0.250 e. The van der Waals surface area contributed by atoms with Gasteiger partial charge in [-0.2, -0.15) is 0 Å². The van der Waals surface area contributed by atoms with Gasteiger partial charge in [0, 0.05) is 32.5 Å². The largest absolute Gasteiger partial charge is 0.380 e. The third-order valence-electron chi connectivity index (χ3n) is 5.17. The molecule has 0 radical (unpaired) electrons. The van der Waals surface area contributed by atoms with Crippen molar-refractivity contribution in [2.24, 2.45) is 12.8 Å². The summed E-state index contributed by atoms with van der Waals surface area (Å²) in [6.07, 6.45) is 5.44. The van der Waals surface area contributed by atoms with Crippen molar-refractivity contribution >= 4 is 16.9 Å². The number of nitrogens with two attached hydrogens (primary N) is 1. The lowest BCUT2D eigenvalue weighted by Crippen LogP contribution is -2.24. The number of amides is 1. The number of nitrogens with zero attached hydrogens (tertiary/aromatic N) is 4. The van der Waals surface area contributed by atoms with Gasteiger partial charge in [-0.3, -0.25) is 9.59 Å². The van der Waals surface area contributed by atoms with Crippen LogP contribution in [0.15, 0.2) is 41.3 Å². The molecule has 0 aliphatic heterocycles. The SMILES string of the molecule is CC.CC.CCOCCn1cc(C(N)=O)ccc1=O.Cn1nnc2c(C3CCC3)cccc21. The van der Waals surface area contributed by atoms with Crippen LogP contribution in [0.4, 0.5) is 0 Å². The summed E-state index contributed by atoms with van der Waals surface area (Å²) in [5.74, 6) is 0.190. The third-order valence-corrected chi connectivity index (χ3v) is 5.17. The smallest absolute Gasteiger partial charge is 0.250 e. The highest BCUT2D eigenvalue weighted by molar-refractivity contribution is 5.92. The molecule has 3 aromatic rings. The van der Waals surface area contributed by atoms with E-state index in [1.165, 1.54) is 47.7 Å². The number of hydrogen-bond acceptors (Lipinski definition) is 5. The maximum absolute atomic E-state index is 11.3. The minimum atomic E-state index is -0.542. The second-order valence-electron chi connectivity index (χ2n) is 7.07. The number of carbonyl (C=O) groups is 1. The molecule has 1 aliphatic carbocycles. The Morgan fingerprint density at radius 3 is 2.42 bits per heavy atom. The lowest BCUT2D eigenvalue weighted by Gasteiger charge is -2.25. The topological polar surface area (TPSA) is 105 Å². The molecule has 182 valence electrons. The summed E-state index contributed by atoms with van der Waals surface area (Å²) >= 11 is 0. The van der Waals surface area contributed by atoms with Gasteiger partial charge < -0.3 is 15.0 Å². The Hall–Kier alpha value is -3.00. The summed E-state index contributed by atoms with van der Waals surface area (Å²) in [7, 11) is 1.94. The van der Waals surface area contributed by atoms with E-state index >= 15 is 0 Å². The van der Waals surface area contributed by atoms with Crippen molar-refractivity contribution in [3.8, 4) is 0 Å². The first-order chi connectivity index (χ1) is 16.0. The number of primary amides is 1. The molecule has 0 spiro atoms. The van der Waals surface area contributed by atoms with E-state index in [4.69, 9.17) is 10.5 Å². The molecule has 4 rings (SSSR count). The molecule has 8 heteroatoms. The first kappa shape index (κ1) is 28.0. The average molecular weight is 458 g/mol. The summed E-state index contributed by atoms with van der Waals surface area (Å²) in [6, 6.07) is 9.13. The molecule has 1 amide bonds. The number of carbonyl (C=O) groups excluding carboxylic acids is 1. The van der Waals surface area contributed by atoms with Crippen molar-refractivity contribution < 1.29 is 9.53 Å². The Morgan fingerprint density at radius 1 is 1.15 bits per heavy atom. The van der Waals surface area contributed by atoms with Gasteiger partial charge in [0.2, 0.25) is 5.91 Å². The summed E-state index contributed by atoms with van der Waals surface area (Å²) in [4.78, 5) is 22.2. The number of fused-ring (bicyclic) bond motifs is 1. The summed E-state index contributed by atoms with van der Waals surface area (Å²) in [5, 5.41) is 8.30. The molecule has 8 nitrogen and oxygen atoms in total. The van der Waals surface area contributed by atoms with Gasteiger partial charge in [-0.15, -0.1) is 5.10 Å². The van der Waals surface area contributed by atoms with Crippen molar-refractivity contribution in [1.82, 2.24) is 19.6 Å². The predicted molar refractivity (Wildman–Crippen MR) is 134 cm³/mol. The number of pyridine rings is 1. The van der Waals surface area contributed by atoms with E-state index < -0.39 is 5.91 Å². The summed E-state index contributed by atoms with van der Waals surface area (Å²) in [5.41, 5.74) is 8.90. The number of hydrogen-bond donors (Lipinski definition) is 1. The van der Waals surface area contributed by atoms with E-state index in [2.05, 4.69) is 28.5 Å². The summed E-state index contributed by atoms with van der Waals surface area (Å²) < 4.78 is 8.37. The van der Waals surface area contributed by atoms with Crippen LogP contribution in [0.5, 0.6) is 0 Å². The molecule has 2 N–H and O–H groups in total. The molecule has 0 saturated heterocycles. The normalized spacial score (nSPS) is 12.3. The fraction of sp³-hybridized carbons (Fsp3) is 0.520. The summed E-state index contributed by atoms with van der Waals surface area (Å²) in [6.45, 7) is 11.3. The van der Waals surface area contributed by atoms with Gasteiger partial charge >= 0.3 is 0 Å². The van der Waals surface area contributed by atoms with Crippen LogP contribution >= 0.6 is 0 Å². The van der Waals surface area contributed by atoms with Crippen molar-refractivity contribution in [2.45, 2.75) is 66.3 Å². The van der Waals surface area contributed by atoms with Crippen LogP contribution in [-0.4, -0.2) is 38.7 Å². The molecular weight excluding hydrogens is 418 g/mol. The average Bonchev–Trinajstić information content (AvgIpc) is 3.19. The molecule has 33 heavy (non-hydrogen) atoms. The van der Waals surface area contributed by atoms with Crippen molar-refractivity contribution in [3.63, 3.8) is 0 Å². The molecule has 0 atom stereocenters. The molecule has 1 aromatic carbocycles. The predicted octanol–water partition coefficient (Wildman–Crippen LogP) is 4.27. The first-order valence-electron chi connectivity index (χ1n) is 11.9.